The maximum atomic E-state index is 5.92. The first-order valence-electron chi connectivity index (χ1n) is 19.8. The van der Waals surface area contributed by atoms with E-state index < -0.39 is 16.1 Å². The van der Waals surface area contributed by atoms with Crippen molar-refractivity contribution < 1.29 is 0 Å². The van der Waals surface area contributed by atoms with Crippen LogP contribution in [-0.2, 0) is 0 Å². The van der Waals surface area contributed by atoms with Gasteiger partial charge in [0, 0.05) is 49.0 Å². The number of nitrogens with zero attached hydrogens (tertiary/aromatic N) is 4. The topological polar surface area (TPSA) is 114 Å². The fourth-order valence-corrected chi connectivity index (χ4v) is 5.82. The molecule has 0 saturated heterocycles. The number of terminal acetylenes is 2. The third-order valence-corrected chi connectivity index (χ3v) is 12.3. The summed E-state index contributed by atoms with van der Waals surface area (Å²) in [5.74, 6) is 5.81. The normalized spacial score (nSPS) is 14.8. The van der Waals surface area contributed by atoms with Gasteiger partial charge in [-0.15, -0.1) is 23.9 Å². The molecule has 4 fully saturated rings. The lowest BCUT2D eigenvalue weighted by atomic mass is 10.2. The first kappa shape index (κ1) is 52.8. The van der Waals surface area contributed by atoms with Gasteiger partial charge in [0.05, 0.1) is 42.2 Å². The van der Waals surface area contributed by atoms with Gasteiger partial charge >= 0.3 is 0 Å². The van der Waals surface area contributed by atoms with Crippen LogP contribution in [0.5, 0.6) is 0 Å². The highest BCUT2D eigenvalue weighted by Crippen LogP contribution is 2.31. The number of hydrogen-bond donors (Lipinski definition) is 4. The second-order valence-electron chi connectivity index (χ2n) is 16.6. The van der Waals surface area contributed by atoms with Crippen molar-refractivity contribution >= 4 is 123 Å². The van der Waals surface area contributed by atoms with E-state index in [0.717, 1.165) is 37.1 Å². The fraction of sp³-hybridized carbons (Fsp3) is 0.409. The smallest absolute Gasteiger partial charge is 0.131 e. The molecule has 0 atom stereocenters. The number of anilines is 3. The van der Waals surface area contributed by atoms with Gasteiger partial charge in [0.15, 0.2) is 0 Å². The van der Waals surface area contributed by atoms with Gasteiger partial charge in [0.2, 0.25) is 0 Å². The fourth-order valence-electron chi connectivity index (χ4n) is 3.92. The molecular formula is C44H53Br2Cl5N8Si2. The van der Waals surface area contributed by atoms with Gasteiger partial charge in [-0.05, 0) is 107 Å². The monoisotopic (exact) mass is 1080 g/mol. The van der Waals surface area contributed by atoms with Crippen molar-refractivity contribution in [3.63, 3.8) is 0 Å². The molecule has 4 saturated carbocycles. The number of aromatic nitrogens is 4. The van der Waals surface area contributed by atoms with Gasteiger partial charge in [0.25, 0.3) is 0 Å². The quantitative estimate of drug-likeness (QED) is 0.0858. The molecule has 0 spiro atoms. The van der Waals surface area contributed by atoms with E-state index in [0.29, 0.717) is 49.8 Å². The summed E-state index contributed by atoms with van der Waals surface area (Å²) in [7, 11) is -2.45. The number of pyridine rings is 4. The van der Waals surface area contributed by atoms with E-state index in [1.54, 1.807) is 36.9 Å². The summed E-state index contributed by atoms with van der Waals surface area (Å²) in [6.07, 6.45) is 27.0. The van der Waals surface area contributed by atoms with E-state index in [-0.39, 0.29) is 0 Å². The van der Waals surface area contributed by atoms with Crippen LogP contribution in [0.3, 0.4) is 0 Å². The number of rotatable bonds is 6. The number of nitrogens with two attached hydrogens (primary N) is 1. The van der Waals surface area contributed by atoms with Crippen LogP contribution in [0, 0.1) is 35.8 Å². The summed E-state index contributed by atoms with van der Waals surface area (Å²) >= 11 is 35.1. The van der Waals surface area contributed by atoms with Crippen molar-refractivity contribution in [2.45, 2.75) is 115 Å². The Balaban J connectivity index is 0.000000205. The van der Waals surface area contributed by atoms with Gasteiger partial charge in [-0.3, -0.25) is 0 Å². The summed E-state index contributed by atoms with van der Waals surface area (Å²) in [6, 6.07) is 9.45. The molecule has 4 aromatic rings. The van der Waals surface area contributed by atoms with Gasteiger partial charge in [0.1, 0.15) is 36.8 Å². The second-order valence-corrected chi connectivity index (χ2v) is 29.8. The van der Waals surface area contributed by atoms with Crippen molar-refractivity contribution in [2.24, 2.45) is 5.73 Å². The number of nitrogens with one attached hydrogen (secondary N) is 3. The molecule has 8 rings (SSSR count). The third kappa shape index (κ3) is 24.8. The maximum Gasteiger partial charge on any atom is 0.131 e. The molecule has 61 heavy (non-hydrogen) atoms. The lowest BCUT2D eigenvalue weighted by Gasteiger charge is -2.08. The standard InChI is InChI=1S/C13H17ClN2Si.C10H9ClN2.C8H8BrClN2.C5H2BrCl2N.C5H10Si.C3H7N/c1-17(2,3)7-6-10-9-15-13(14)8-12(10)16-11-4-5-11;1-2-7-6-12-10(11)5-9(7)13-8-3-4-8;9-6-4-11-8(10)3-7(6)12-5-1-2-5;6-3-2-9-5(8)1-4(3)7;1-5-6(2,3)4;4-3-1-2-3/h8-9,11H,4-5H2,1-3H3,(H,15,16);1,5-6,8H,3-4H2,(H,12,13);3-5H,1-2H2,(H,11,12);1-2H;1H,2-4H3;3H,1-2,4H2. The minimum Gasteiger partial charge on any atom is -0.381 e. The molecule has 0 aliphatic heterocycles. The Morgan fingerprint density at radius 2 is 0.934 bits per heavy atom. The first-order valence-corrected chi connectivity index (χ1v) is 30.2. The van der Waals surface area contributed by atoms with E-state index in [2.05, 4.69) is 130 Å². The van der Waals surface area contributed by atoms with Crippen LogP contribution in [0.4, 0.5) is 17.1 Å². The summed E-state index contributed by atoms with van der Waals surface area (Å²) < 4.78 is 1.73. The molecule has 8 nitrogen and oxygen atoms in total. The Morgan fingerprint density at radius 1 is 0.574 bits per heavy atom. The number of halogens is 7. The molecule has 4 aliphatic carbocycles. The minimum atomic E-state index is -1.35. The zero-order valence-corrected chi connectivity index (χ0v) is 44.2. The lowest BCUT2D eigenvalue weighted by Crippen LogP contribution is -2.16. The molecule has 0 aromatic carbocycles. The SMILES string of the molecule is C#C[Si](C)(C)C.C#Cc1cnc(Cl)cc1NC1CC1.C[Si](C)(C)C#Cc1cnc(Cl)cc1NC1CC1.Clc1cc(Cl)c(Br)cn1.Clc1cc(NC2CC2)c(Br)cn1.NC1CC1. The van der Waals surface area contributed by atoms with E-state index in [4.69, 9.17) is 76.6 Å². The van der Waals surface area contributed by atoms with Crippen molar-refractivity contribution in [3.05, 3.63) is 94.8 Å². The van der Waals surface area contributed by atoms with E-state index in [1.807, 2.05) is 12.1 Å². The molecule has 0 amide bonds. The maximum absolute atomic E-state index is 5.92. The van der Waals surface area contributed by atoms with Crippen LogP contribution in [0.15, 0.2) is 58.0 Å². The molecule has 5 N–H and O–H groups in total. The van der Waals surface area contributed by atoms with Gasteiger partial charge in [-0.25, -0.2) is 19.9 Å². The Kier molecular flexibility index (Phi) is 22.3. The largest absolute Gasteiger partial charge is 0.381 e. The van der Waals surface area contributed by atoms with Gasteiger partial charge in [-0.1, -0.05) is 109 Å². The van der Waals surface area contributed by atoms with Crippen LogP contribution >= 0.6 is 89.9 Å². The van der Waals surface area contributed by atoms with Crippen molar-refractivity contribution in [1.82, 2.24) is 19.9 Å². The minimum absolute atomic E-state index is 0.406. The van der Waals surface area contributed by atoms with Gasteiger partial charge < -0.3 is 21.7 Å². The van der Waals surface area contributed by atoms with E-state index in [9.17, 15) is 0 Å². The summed E-state index contributed by atoms with van der Waals surface area (Å²) in [4.78, 5) is 15.7. The third-order valence-electron chi connectivity index (χ3n) is 7.93. The Bertz CT molecular complexity index is 2200. The average molecular weight is 1090 g/mol. The van der Waals surface area contributed by atoms with Crippen molar-refractivity contribution in [3.8, 4) is 35.8 Å². The molecule has 17 heteroatoms. The zero-order chi connectivity index (χ0) is 45.3. The highest BCUT2D eigenvalue weighted by Gasteiger charge is 2.23. The summed E-state index contributed by atoms with van der Waals surface area (Å²) in [5.41, 5.74) is 16.0. The van der Waals surface area contributed by atoms with E-state index >= 15 is 0 Å². The molecule has 4 aliphatic rings. The highest BCUT2D eigenvalue weighted by atomic mass is 79.9. The lowest BCUT2D eigenvalue weighted by molar-refractivity contribution is 1.07. The van der Waals surface area contributed by atoms with Crippen molar-refractivity contribution in [2.75, 3.05) is 16.0 Å². The van der Waals surface area contributed by atoms with Crippen LogP contribution in [0.1, 0.15) is 62.5 Å². The molecule has 326 valence electrons. The number of hydrogen-bond acceptors (Lipinski definition) is 8. The highest BCUT2D eigenvalue weighted by molar-refractivity contribution is 9.11. The van der Waals surface area contributed by atoms with Gasteiger partial charge in [-0.2, -0.15) is 0 Å². The summed E-state index contributed by atoms with van der Waals surface area (Å²) in [5, 5.41) is 12.6. The second kappa shape index (κ2) is 25.7. The predicted octanol–water partition coefficient (Wildman–Crippen LogP) is 13.7. The van der Waals surface area contributed by atoms with Crippen LogP contribution in [0.2, 0.25) is 64.9 Å². The predicted molar refractivity (Wildman–Crippen MR) is 275 cm³/mol. The zero-order valence-electron chi connectivity index (χ0n) is 35.3. The van der Waals surface area contributed by atoms with Crippen LogP contribution in [0.25, 0.3) is 0 Å². The molecule has 0 radical (unpaired) electrons. The molecule has 0 unspecified atom stereocenters. The van der Waals surface area contributed by atoms with Crippen LogP contribution in [-0.4, -0.2) is 60.3 Å². The molecule has 4 aromatic heterocycles. The first-order chi connectivity index (χ1) is 28.6. The molecular weight excluding hydrogens is 1030 g/mol. The molecule has 0 bridgehead atoms. The average Bonchev–Trinajstić information content (AvgIpc) is 3.94. The Labute approximate surface area is 406 Å². The van der Waals surface area contributed by atoms with E-state index in [1.165, 1.54) is 51.4 Å². The Hall–Kier alpha value is -2.52. The van der Waals surface area contributed by atoms with Crippen LogP contribution < -0.4 is 21.7 Å². The summed E-state index contributed by atoms with van der Waals surface area (Å²) in [6.45, 7) is 13.1. The van der Waals surface area contributed by atoms with Crippen molar-refractivity contribution in [1.29, 1.82) is 0 Å². The Morgan fingerprint density at radius 3 is 1.30 bits per heavy atom. The molecule has 4 heterocycles.